The Morgan fingerprint density at radius 1 is 1.11 bits per heavy atom. The number of aliphatic hydroxyl groups is 1. The highest BCUT2D eigenvalue weighted by atomic mass is 35.5. The fourth-order valence-corrected chi connectivity index (χ4v) is 4.61. The van der Waals surface area contributed by atoms with Crippen LogP contribution < -0.4 is 10.1 Å². The van der Waals surface area contributed by atoms with Gasteiger partial charge in [0.15, 0.2) is 11.8 Å². The monoisotopic (exact) mass is 518 g/mol. The van der Waals surface area contributed by atoms with Gasteiger partial charge in [-0.05, 0) is 24.3 Å². The van der Waals surface area contributed by atoms with E-state index in [9.17, 15) is 5.11 Å². The first kappa shape index (κ1) is 23.6. The van der Waals surface area contributed by atoms with E-state index in [1.165, 1.54) is 0 Å². The number of benzene rings is 1. The van der Waals surface area contributed by atoms with Gasteiger partial charge in [0.05, 0.1) is 29.4 Å². The number of nitrogens with one attached hydrogen (secondary N) is 2. The number of fused-ring (bicyclic) bond motifs is 2. The van der Waals surface area contributed by atoms with E-state index in [0.717, 1.165) is 11.1 Å². The molecule has 0 amide bonds. The van der Waals surface area contributed by atoms with Crippen molar-refractivity contribution in [2.75, 3.05) is 25.1 Å². The van der Waals surface area contributed by atoms with Gasteiger partial charge in [0.25, 0.3) is 6.01 Å². The summed E-state index contributed by atoms with van der Waals surface area (Å²) in [7, 11) is 0. The Labute approximate surface area is 217 Å². The van der Waals surface area contributed by atoms with Crippen LogP contribution in [0.1, 0.15) is 12.0 Å². The number of aromatic nitrogens is 5. The van der Waals surface area contributed by atoms with Gasteiger partial charge in [-0.15, -0.1) is 0 Å². The molecule has 5 heterocycles. The van der Waals surface area contributed by atoms with Crippen molar-refractivity contribution < 1.29 is 19.3 Å². The lowest BCUT2D eigenvalue weighted by molar-refractivity contribution is 0.00706. The largest absolute Gasteiger partial charge is 0.456 e. The first-order valence-corrected chi connectivity index (χ1v) is 12.3. The average Bonchev–Trinajstić information content (AvgIpc) is 3.61. The number of imidazole rings is 1. The molecule has 3 N–H and O–H groups in total. The standard InChI is InChI=1S/C26H23ClN6O4/c27-17-12-18-24(33-26(31-18)37-20-14-36-22-19(34)13-35-23(20)22)32-21(17)16-7-5-15(6-8-16)4-1-2-9-28-25-29-10-3-11-30-25/h3,5-8,10-12,19-20,22-23,34H,2,9,13-14H2,(H,28,29,30)(H,31,32,33). The minimum Gasteiger partial charge on any atom is -0.456 e. The van der Waals surface area contributed by atoms with E-state index in [1.807, 2.05) is 24.3 Å². The Morgan fingerprint density at radius 3 is 2.76 bits per heavy atom. The molecule has 2 saturated heterocycles. The van der Waals surface area contributed by atoms with Crippen LogP contribution >= 0.6 is 11.6 Å². The number of H-pyrrole nitrogens is 1. The zero-order valence-corrected chi connectivity index (χ0v) is 20.4. The van der Waals surface area contributed by atoms with Crippen LogP contribution in [-0.2, 0) is 9.47 Å². The summed E-state index contributed by atoms with van der Waals surface area (Å²) in [6.07, 6.45) is 2.34. The van der Waals surface area contributed by atoms with Gasteiger partial charge < -0.3 is 29.6 Å². The minimum absolute atomic E-state index is 0.237. The maximum atomic E-state index is 9.92. The third-order valence-electron chi connectivity index (χ3n) is 6.14. The zero-order chi connectivity index (χ0) is 25.2. The maximum Gasteiger partial charge on any atom is 0.296 e. The molecular weight excluding hydrogens is 496 g/mol. The Hall–Kier alpha value is -3.75. The second kappa shape index (κ2) is 10.3. The second-order valence-electron chi connectivity index (χ2n) is 8.68. The van der Waals surface area contributed by atoms with E-state index in [4.69, 9.17) is 25.8 Å². The first-order valence-electron chi connectivity index (χ1n) is 11.9. The van der Waals surface area contributed by atoms with Crippen molar-refractivity contribution >= 4 is 28.7 Å². The molecule has 11 heteroatoms. The number of hydrogen-bond donors (Lipinski definition) is 3. The highest BCUT2D eigenvalue weighted by Gasteiger charge is 2.48. The number of rotatable bonds is 6. The fourth-order valence-electron chi connectivity index (χ4n) is 4.35. The molecule has 0 aliphatic carbocycles. The van der Waals surface area contributed by atoms with Crippen LogP contribution in [0.15, 0.2) is 48.8 Å². The lowest BCUT2D eigenvalue weighted by Crippen LogP contribution is -2.34. The van der Waals surface area contributed by atoms with E-state index in [1.54, 1.807) is 24.5 Å². The molecule has 4 aromatic rings. The first-order chi connectivity index (χ1) is 18.1. The maximum absolute atomic E-state index is 9.92. The van der Waals surface area contributed by atoms with Crippen LogP contribution in [0.5, 0.6) is 6.01 Å². The third kappa shape index (κ3) is 5.08. The van der Waals surface area contributed by atoms with Crippen LogP contribution in [-0.4, -0.2) is 74.2 Å². The molecule has 10 nitrogen and oxygen atoms in total. The summed E-state index contributed by atoms with van der Waals surface area (Å²) in [4.78, 5) is 20.5. The molecule has 1 aromatic carbocycles. The topological polar surface area (TPSA) is 127 Å². The molecule has 6 rings (SSSR count). The van der Waals surface area contributed by atoms with Crippen molar-refractivity contribution in [2.24, 2.45) is 0 Å². The molecule has 37 heavy (non-hydrogen) atoms. The van der Waals surface area contributed by atoms with Gasteiger partial charge in [-0.3, -0.25) is 0 Å². The number of nitrogens with zero attached hydrogens (tertiary/aromatic N) is 4. The van der Waals surface area contributed by atoms with Gasteiger partial charge in [0.1, 0.15) is 18.3 Å². The summed E-state index contributed by atoms with van der Waals surface area (Å²) in [6, 6.07) is 11.6. The van der Waals surface area contributed by atoms with Gasteiger partial charge in [0, 0.05) is 36.5 Å². The molecule has 2 aliphatic rings. The van der Waals surface area contributed by atoms with Crippen LogP contribution in [0.25, 0.3) is 22.4 Å². The molecule has 0 radical (unpaired) electrons. The molecule has 0 spiro atoms. The quantitative estimate of drug-likeness (QED) is 0.261. The normalized spacial score (nSPS) is 22.4. The van der Waals surface area contributed by atoms with Gasteiger partial charge in [-0.1, -0.05) is 35.6 Å². The van der Waals surface area contributed by atoms with E-state index in [2.05, 4.69) is 42.1 Å². The second-order valence-corrected chi connectivity index (χ2v) is 9.09. The summed E-state index contributed by atoms with van der Waals surface area (Å²) in [5.41, 5.74) is 3.50. The Morgan fingerprint density at radius 2 is 1.92 bits per heavy atom. The van der Waals surface area contributed by atoms with Crippen LogP contribution in [0.3, 0.4) is 0 Å². The Kier molecular flexibility index (Phi) is 6.59. The highest BCUT2D eigenvalue weighted by Crippen LogP contribution is 2.32. The van der Waals surface area contributed by atoms with E-state index >= 15 is 0 Å². The zero-order valence-electron chi connectivity index (χ0n) is 19.6. The molecular formula is C26H23ClN6O4. The van der Waals surface area contributed by atoms with Crippen molar-refractivity contribution in [1.82, 2.24) is 24.9 Å². The number of halogens is 1. The van der Waals surface area contributed by atoms with Gasteiger partial charge in [-0.2, -0.15) is 4.98 Å². The Balaban J connectivity index is 1.11. The van der Waals surface area contributed by atoms with Crippen LogP contribution in [0.4, 0.5) is 5.95 Å². The van der Waals surface area contributed by atoms with Gasteiger partial charge >= 0.3 is 0 Å². The SMILES string of the molecule is OC1COC2C(Oc3nc4nc(-c5ccc(C#CCCNc6ncccn6)cc5)c(Cl)cc4[nH]3)COC12. The third-order valence-corrected chi connectivity index (χ3v) is 6.43. The number of anilines is 1. The number of aliphatic hydroxyl groups excluding tert-OH is 1. The number of pyridine rings is 1. The smallest absolute Gasteiger partial charge is 0.296 e. The molecule has 0 saturated carbocycles. The predicted octanol–water partition coefficient (Wildman–Crippen LogP) is 2.83. The number of aromatic amines is 1. The summed E-state index contributed by atoms with van der Waals surface area (Å²) >= 11 is 6.55. The molecule has 2 fully saturated rings. The minimum atomic E-state index is -0.638. The lowest BCUT2D eigenvalue weighted by Gasteiger charge is -2.15. The summed E-state index contributed by atoms with van der Waals surface area (Å²) in [6.45, 7) is 1.21. The van der Waals surface area contributed by atoms with Crippen molar-refractivity contribution in [1.29, 1.82) is 0 Å². The van der Waals surface area contributed by atoms with Crippen LogP contribution in [0.2, 0.25) is 5.02 Å². The summed E-state index contributed by atoms with van der Waals surface area (Å²) in [5.74, 6) is 6.89. The molecule has 4 unspecified atom stereocenters. The molecule has 3 aromatic heterocycles. The van der Waals surface area contributed by atoms with Crippen LogP contribution in [0, 0.1) is 11.8 Å². The van der Waals surface area contributed by atoms with Crippen molar-refractivity contribution in [3.8, 4) is 29.1 Å². The molecule has 188 valence electrons. The van der Waals surface area contributed by atoms with E-state index < -0.39 is 6.10 Å². The lowest BCUT2D eigenvalue weighted by atomic mass is 10.1. The predicted molar refractivity (Wildman–Crippen MR) is 136 cm³/mol. The summed E-state index contributed by atoms with van der Waals surface area (Å²) in [5, 5.41) is 13.5. The highest BCUT2D eigenvalue weighted by molar-refractivity contribution is 6.33. The van der Waals surface area contributed by atoms with Crippen molar-refractivity contribution in [3.05, 3.63) is 59.4 Å². The Bertz CT molecular complexity index is 1450. The number of hydrogen-bond acceptors (Lipinski definition) is 9. The van der Waals surface area contributed by atoms with E-state index in [0.29, 0.717) is 53.4 Å². The molecule has 4 atom stereocenters. The summed E-state index contributed by atoms with van der Waals surface area (Å²) < 4.78 is 17.2. The van der Waals surface area contributed by atoms with Gasteiger partial charge in [-0.25, -0.2) is 15.0 Å². The molecule has 2 aliphatic heterocycles. The van der Waals surface area contributed by atoms with Crippen molar-refractivity contribution in [3.63, 3.8) is 0 Å². The average molecular weight is 519 g/mol. The molecule has 0 bridgehead atoms. The number of ether oxygens (including phenoxy) is 3. The van der Waals surface area contributed by atoms with Gasteiger partial charge in [0.2, 0.25) is 5.95 Å². The van der Waals surface area contributed by atoms with E-state index in [-0.39, 0.29) is 24.9 Å². The fraction of sp³-hybridized carbons (Fsp3) is 0.308. The van der Waals surface area contributed by atoms with Crippen molar-refractivity contribution in [2.45, 2.75) is 30.8 Å².